The summed E-state index contributed by atoms with van der Waals surface area (Å²) in [5.74, 6) is 1.73. The van der Waals surface area contributed by atoms with Crippen LogP contribution in [-0.2, 0) is 11.3 Å². The first-order valence-electron chi connectivity index (χ1n) is 10.7. The number of hydrogen-bond acceptors (Lipinski definition) is 7. The maximum atomic E-state index is 13.7. The number of methoxy groups -OCH3 is 1. The number of amides is 1. The number of nitrogens with zero attached hydrogens (tertiary/aromatic N) is 4. The van der Waals surface area contributed by atoms with Crippen molar-refractivity contribution >= 4 is 32.6 Å². The molecule has 0 saturated carbocycles. The highest BCUT2D eigenvalue weighted by molar-refractivity contribution is 7.22. The number of para-hydroxylation sites is 2. The molecule has 170 valence electrons. The highest BCUT2D eigenvalue weighted by Crippen LogP contribution is 2.37. The van der Waals surface area contributed by atoms with Gasteiger partial charge in [-0.3, -0.25) is 9.69 Å². The van der Waals surface area contributed by atoms with E-state index in [9.17, 15) is 4.79 Å². The molecule has 0 N–H and O–H groups in total. The van der Waals surface area contributed by atoms with Gasteiger partial charge in [0.1, 0.15) is 17.9 Å². The topological polar surface area (TPSA) is 78.7 Å². The van der Waals surface area contributed by atoms with Gasteiger partial charge in [-0.1, -0.05) is 29.5 Å². The van der Waals surface area contributed by atoms with Crippen molar-refractivity contribution < 1.29 is 19.0 Å². The number of fused-ring (bicyclic) bond motifs is 2. The van der Waals surface area contributed by atoms with E-state index in [1.807, 2.05) is 54.1 Å². The van der Waals surface area contributed by atoms with Gasteiger partial charge in [0.15, 0.2) is 16.6 Å². The minimum absolute atomic E-state index is 0.154. The van der Waals surface area contributed by atoms with Crippen molar-refractivity contribution in [2.75, 3.05) is 25.2 Å². The molecular weight excluding hydrogens is 440 g/mol. The normalized spacial score (nSPS) is 14.9. The zero-order valence-electron chi connectivity index (χ0n) is 18.4. The monoisotopic (exact) mass is 464 g/mol. The van der Waals surface area contributed by atoms with Crippen molar-refractivity contribution in [2.45, 2.75) is 26.0 Å². The second-order valence-corrected chi connectivity index (χ2v) is 8.74. The number of hydrogen-bond donors (Lipinski definition) is 0. The van der Waals surface area contributed by atoms with Gasteiger partial charge in [0.2, 0.25) is 6.10 Å². The lowest BCUT2D eigenvalue weighted by Crippen LogP contribution is -2.47. The third-order valence-corrected chi connectivity index (χ3v) is 6.76. The van der Waals surface area contributed by atoms with E-state index < -0.39 is 6.10 Å². The van der Waals surface area contributed by atoms with Gasteiger partial charge >= 0.3 is 0 Å². The van der Waals surface area contributed by atoms with E-state index in [0.717, 1.165) is 28.7 Å². The maximum absolute atomic E-state index is 13.7. The zero-order valence-corrected chi connectivity index (χ0v) is 19.2. The SMILES string of the molecule is COc1ccc(C)c2sc(N(CCCn3ccnc3)C(=O)C3COc4ccccc4O3)nc12. The second-order valence-electron chi connectivity index (χ2n) is 7.77. The van der Waals surface area contributed by atoms with Gasteiger partial charge in [-0.25, -0.2) is 9.97 Å². The van der Waals surface area contributed by atoms with Crippen molar-refractivity contribution in [3.05, 3.63) is 60.7 Å². The van der Waals surface area contributed by atoms with Crippen LogP contribution in [0.5, 0.6) is 17.2 Å². The van der Waals surface area contributed by atoms with Crippen molar-refractivity contribution in [3.63, 3.8) is 0 Å². The van der Waals surface area contributed by atoms with Gasteiger partial charge in [-0.05, 0) is 37.1 Å². The van der Waals surface area contributed by atoms with E-state index in [-0.39, 0.29) is 12.5 Å². The van der Waals surface area contributed by atoms with Crippen LogP contribution in [0.15, 0.2) is 55.1 Å². The van der Waals surface area contributed by atoms with E-state index in [1.165, 1.54) is 11.3 Å². The smallest absolute Gasteiger partial charge is 0.273 e. The number of thiazole rings is 1. The molecule has 1 aliphatic rings. The van der Waals surface area contributed by atoms with Crippen molar-refractivity contribution in [1.82, 2.24) is 14.5 Å². The Kier molecular flexibility index (Phi) is 5.87. The molecule has 1 aliphatic heterocycles. The number of aryl methyl sites for hydroxylation is 2. The van der Waals surface area contributed by atoms with Crippen molar-refractivity contribution in [2.24, 2.45) is 0 Å². The number of rotatable bonds is 7. The fraction of sp³-hybridized carbons (Fsp3) is 0.292. The van der Waals surface area contributed by atoms with Crippen LogP contribution in [0.25, 0.3) is 10.2 Å². The van der Waals surface area contributed by atoms with E-state index in [0.29, 0.717) is 28.9 Å². The summed E-state index contributed by atoms with van der Waals surface area (Å²) in [6.45, 7) is 3.41. The largest absolute Gasteiger partial charge is 0.494 e. The third-order valence-electron chi connectivity index (χ3n) is 5.55. The van der Waals surface area contributed by atoms with Gasteiger partial charge in [-0.2, -0.15) is 0 Å². The van der Waals surface area contributed by atoms with E-state index in [1.54, 1.807) is 24.5 Å². The maximum Gasteiger partial charge on any atom is 0.273 e. The van der Waals surface area contributed by atoms with Gasteiger partial charge < -0.3 is 18.8 Å². The fourth-order valence-electron chi connectivity index (χ4n) is 3.82. The van der Waals surface area contributed by atoms with Crippen molar-refractivity contribution in [3.8, 4) is 17.2 Å². The van der Waals surface area contributed by atoms with Gasteiger partial charge in [0, 0.05) is 25.5 Å². The Morgan fingerprint density at radius 3 is 2.91 bits per heavy atom. The lowest BCUT2D eigenvalue weighted by atomic mass is 10.2. The molecule has 3 heterocycles. The van der Waals surface area contributed by atoms with Crippen LogP contribution in [0.1, 0.15) is 12.0 Å². The number of imidazole rings is 1. The summed E-state index contributed by atoms with van der Waals surface area (Å²) in [5.41, 5.74) is 1.85. The summed E-state index contributed by atoms with van der Waals surface area (Å²) in [7, 11) is 1.63. The van der Waals surface area contributed by atoms with E-state index in [2.05, 4.69) is 4.98 Å². The number of carbonyl (C=O) groups is 1. The highest BCUT2D eigenvalue weighted by Gasteiger charge is 2.33. The third kappa shape index (κ3) is 4.23. The summed E-state index contributed by atoms with van der Waals surface area (Å²) < 4.78 is 20.3. The van der Waals surface area contributed by atoms with Gasteiger partial charge in [0.05, 0.1) is 18.1 Å². The Morgan fingerprint density at radius 2 is 2.12 bits per heavy atom. The molecule has 1 atom stereocenters. The summed E-state index contributed by atoms with van der Waals surface area (Å²) in [5, 5.41) is 0.621. The van der Waals surface area contributed by atoms with Gasteiger partial charge in [-0.15, -0.1) is 0 Å². The Labute approximate surface area is 195 Å². The van der Waals surface area contributed by atoms with Crippen LogP contribution in [0.3, 0.4) is 0 Å². The molecule has 4 aromatic rings. The average Bonchev–Trinajstić information content (AvgIpc) is 3.52. The molecule has 2 aromatic heterocycles. The molecule has 5 rings (SSSR count). The fourth-order valence-corrected chi connectivity index (χ4v) is 4.91. The Morgan fingerprint density at radius 1 is 1.27 bits per heavy atom. The van der Waals surface area contributed by atoms with Crippen LogP contribution >= 0.6 is 11.3 Å². The standard InChI is InChI=1S/C24H24N4O4S/c1-16-8-9-19(30-2)21-22(16)33-24(26-21)28(12-5-11-27-13-10-25-15-27)23(29)20-14-31-17-6-3-4-7-18(17)32-20/h3-4,6-10,13,15,20H,5,11-12,14H2,1-2H3. The molecule has 0 fully saturated rings. The number of benzene rings is 2. The lowest BCUT2D eigenvalue weighted by Gasteiger charge is -2.29. The predicted octanol–water partition coefficient (Wildman–Crippen LogP) is 4.07. The van der Waals surface area contributed by atoms with Crippen LogP contribution in [-0.4, -0.2) is 46.8 Å². The van der Waals surface area contributed by atoms with Crippen LogP contribution < -0.4 is 19.1 Å². The summed E-state index contributed by atoms with van der Waals surface area (Å²) in [6.07, 6.45) is 5.41. The predicted molar refractivity (Wildman–Crippen MR) is 126 cm³/mol. The molecule has 0 spiro atoms. The number of anilines is 1. The first-order valence-corrected chi connectivity index (χ1v) is 11.6. The van der Waals surface area contributed by atoms with Gasteiger partial charge in [0.25, 0.3) is 5.91 Å². The van der Waals surface area contributed by atoms with Crippen LogP contribution in [0.4, 0.5) is 5.13 Å². The van der Waals surface area contributed by atoms with E-state index in [4.69, 9.17) is 19.2 Å². The quantitative estimate of drug-likeness (QED) is 0.410. The van der Waals surface area contributed by atoms with Crippen LogP contribution in [0, 0.1) is 6.92 Å². The Balaban J connectivity index is 1.45. The molecule has 0 radical (unpaired) electrons. The molecule has 1 amide bonds. The highest BCUT2D eigenvalue weighted by atomic mass is 32.1. The van der Waals surface area contributed by atoms with E-state index >= 15 is 0 Å². The summed E-state index contributed by atoms with van der Waals surface area (Å²) in [6, 6.07) is 11.3. The van der Waals surface area contributed by atoms with Crippen molar-refractivity contribution in [1.29, 1.82) is 0 Å². The molecular formula is C24H24N4O4S. The Bertz CT molecular complexity index is 1270. The first-order chi connectivity index (χ1) is 16.1. The Hall–Kier alpha value is -3.59. The summed E-state index contributed by atoms with van der Waals surface area (Å²) >= 11 is 1.49. The number of carbonyl (C=O) groups excluding carboxylic acids is 1. The van der Waals surface area contributed by atoms with Crippen LogP contribution in [0.2, 0.25) is 0 Å². The molecule has 0 bridgehead atoms. The lowest BCUT2D eigenvalue weighted by molar-refractivity contribution is -0.127. The molecule has 33 heavy (non-hydrogen) atoms. The minimum Gasteiger partial charge on any atom is -0.494 e. The molecule has 1 unspecified atom stereocenters. The number of ether oxygens (including phenoxy) is 3. The number of aromatic nitrogens is 3. The zero-order chi connectivity index (χ0) is 22.8. The molecule has 2 aromatic carbocycles. The molecule has 0 aliphatic carbocycles. The minimum atomic E-state index is -0.747. The summed E-state index contributed by atoms with van der Waals surface area (Å²) in [4.78, 5) is 24.3. The second kappa shape index (κ2) is 9.11. The average molecular weight is 465 g/mol. The first kappa shape index (κ1) is 21.3. The molecule has 9 heteroatoms. The molecule has 8 nitrogen and oxygen atoms in total. The molecule has 0 saturated heterocycles.